The maximum atomic E-state index is 12.7. The molecule has 0 aliphatic carbocycles. The molecular formula is C63H96O6. The molecule has 0 aromatic carbocycles. The number of ether oxygens (including phenoxy) is 3. The van der Waals surface area contributed by atoms with Gasteiger partial charge in [-0.3, -0.25) is 14.4 Å². The third kappa shape index (κ3) is 53.8. The van der Waals surface area contributed by atoms with Crippen LogP contribution in [0.1, 0.15) is 201 Å². The van der Waals surface area contributed by atoms with Crippen molar-refractivity contribution in [3.8, 4) is 0 Å². The molecular weight excluding hydrogens is 853 g/mol. The third-order valence-electron chi connectivity index (χ3n) is 10.5. The predicted octanol–water partition coefficient (Wildman–Crippen LogP) is 18.2. The first-order valence-corrected chi connectivity index (χ1v) is 27.0. The van der Waals surface area contributed by atoms with Crippen LogP contribution in [0.15, 0.2) is 158 Å². The minimum absolute atomic E-state index is 0.117. The Labute approximate surface area is 422 Å². The van der Waals surface area contributed by atoms with Crippen molar-refractivity contribution in [2.75, 3.05) is 13.2 Å². The van der Waals surface area contributed by atoms with Crippen LogP contribution in [0, 0.1) is 0 Å². The van der Waals surface area contributed by atoms with E-state index in [2.05, 4.69) is 179 Å². The molecule has 0 saturated carbocycles. The monoisotopic (exact) mass is 949 g/mol. The second kappa shape index (κ2) is 55.6. The van der Waals surface area contributed by atoms with Crippen LogP contribution >= 0.6 is 0 Å². The molecule has 0 radical (unpaired) electrons. The van der Waals surface area contributed by atoms with Gasteiger partial charge in [0.15, 0.2) is 6.10 Å². The van der Waals surface area contributed by atoms with Crippen LogP contribution in [0.2, 0.25) is 0 Å². The molecule has 0 aromatic rings. The third-order valence-corrected chi connectivity index (χ3v) is 10.5. The molecule has 0 aliphatic heterocycles. The predicted molar refractivity (Wildman–Crippen MR) is 297 cm³/mol. The molecule has 0 aromatic heterocycles. The average Bonchev–Trinajstić information content (AvgIpc) is 3.35. The summed E-state index contributed by atoms with van der Waals surface area (Å²) in [6.07, 6.45) is 81.4. The Morgan fingerprint density at radius 3 is 0.913 bits per heavy atom. The van der Waals surface area contributed by atoms with E-state index in [0.717, 1.165) is 154 Å². The number of hydrogen-bond acceptors (Lipinski definition) is 6. The summed E-state index contributed by atoms with van der Waals surface area (Å²) in [4.78, 5) is 37.7. The van der Waals surface area contributed by atoms with Gasteiger partial charge in [-0.1, -0.05) is 217 Å². The lowest BCUT2D eigenvalue weighted by molar-refractivity contribution is -0.167. The summed E-state index contributed by atoms with van der Waals surface area (Å²) in [7, 11) is 0. The molecule has 0 spiro atoms. The summed E-state index contributed by atoms with van der Waals surface area (Å²) in [5.74, 6) is -1.03. The van der Waals surface area contributed by atoms with Crippen molar-refractivity contribution < 1.29 is 28.6 Å². The van der Waals surface area contributed by atoms with Gasteiger partial charge >= 0.3 is 17.9 Å². The Morgan fingerprint density at radius 1 is 0.304 bits per heavy atom. The molecule has 1 atom stereocenters. The van der Waals surface area contributed by atoms with Crippen LogP contribution in [0.25, 0.3) is 0 Å². The fraction of sp³-hybridized carbons (Fsp3) is 0.540. The van der Waals surface area contributed by atoms with Crippen LogP contribution in [-0.4, -0.2) is 37.2 Å². The Balaban J connectivity index is 4.28. The van der Waals surface area contributed by atoms with Crippen molar-refractivity contribution in [3.63, 3.8) is 0 Å². The lowest BCUT2D eigenvalue weighted by Crippen LogP contribution is -2.30. The highest BCUT2D eigenvalue weighted by Gasteiger charge is 2.19. The Kier molecular flexibility index (Phi) is 51.6. The molecule has 0 N–H and O–H groups in total. The average molecular weight is 949 g/mol. The maximum Gasteiger partial charge on any atom is 0.306 e. The lowest BCUT2D eigenvalue weighted by atomic mass is 10.1. The second-order valence-corrected chi connectivity index (χ2v) is 17.0. The molecule has 6 nitrogen and oxygen atoms in total. The standard InChI is InChI=1S/C63H96O6/c1-4-7-10-13-15-17-19-21-23-25-26-27-28-29-30-31-32-33-34-35-36-38-39-41-43-45-47-50-53-56-62(65)68-59-60(58-67-61(64)55-52-49-12-9-6-3)69-63(66)57-54-51-48-46-44-42-40-37-24-22-20-18-16-14-11-8-5-2/h7-8,10-11,15-18,21-24,26-27,29-30,32-33,35-36,39-42,46,48,60H,4-6,9,12-14,19-20,25,28,31,34,37-38,43-45,47,49-59H2,1-3H3/b10-7-,11-8-,17-15-,18-16-,23-21-,24-22-,27-26-,30-29-,33-32-,36-35-,41-39-,42-40-,48-46-. The Bertz CT molecular complexity index is 1610. The van der Waals surface area contributed by atoms with Crippen molar-refractivity contribution in [2.45, 2.75) is 207 Å². The van der Waals surface area contributed by atoms with E-state index < -0.39 is 6.10 Å². The van der Waals surface area contributed by atoms with Crippen LogP contribution < -0.4 is 0 Å². The number of rotatable bonds is 46. The molecule has 69 heavy (non-hydrogen) atoms. The molecule has 6 heteroatoms. The van der Waals surface area contributed by atoms with Gasteiger partial charge in [0.25, 0.3) is 0 Å². The lowest BCUT2D eigenvalue weighted by Gasteiger charge is -2.18. The van der Waals surface area contributed by atoms with Crippen LogP contribution in [-0.2, 0) is 28.6 Å². The van der Waals surface area contributed by atoms with Gasteiger partial charge in [0.1, 0.15) is 13.2 Å². The van der Waals surface area contributed by atoms with Crippen molar-refractivity contribution in [1.82, 2.24) is 0 Å². The molecule has 0 rings (SSSR count). The van der Waals surface area contributed by atoms with Crippen LogP contribution in [0.4, 0.5) is 0 Å². The maximum absolute atomic E-state index is 12.7. The van der Waals surface area contributed by atoms with E-state index >= 15 is 0 Å². The van der Waals surface area contributed by atoms with E-state index in [4.69, 9.17) is 14.2 Å². The molecule has 0 aliphatic rings. The number of carbonyl (C=O) groups is 3. The summed E-state index contributed by atoms with van der Waals surface area (Å²) < 4.78 is 16.6. The highest BCUT2D eigenvalue weighted by molar-refractivity contribution is 5.71. The highest BCUT2D eigenvalue weighted by Crippen LogP contribution is 2.11. The normalized spacial score (nSPS) is 13.4. The van der Waals surface area contributed by atoms with Gasteiger partial charge in [0, 0.05) is 19.3 Å². The minimum atomic E-state index is -0.822. The van der Waals surface area contributed by atoms with Crippen molar-refractivity contribution in [2.24, 2.45) is 0 Å². The summed E-state index contributed by atoms with van der Waals surface area (Å²) in [6.45, 7) is 6.22. The smallest absolute Gasteiger partial charge is 0.306 e. The molecule has 0 bridgehead atoms. The number of unbranched alkanes of at least 4 members (excludes halogenated alkanes) is 9. The quantitative estimate of drug-likeness (QED) is 0.0262. The minimum Gasteiger partial charge on any atom is -0.462 e. The van der Waals surface area contributed by atoms with E-state index in [0.29, 0.717) is 19.3 Å². The molecule has 0 fully saturated rings. The zero-order valence-electron chi connectivity index (χ0n) is 43.8. The number of esters is 3. The first kappa shape index (κ1) is 64.0. The van der Waals surface area contributed by atoms with Gasteiger partial charge in [0.2, 0.25) is 0 Å². The molecule has 0 saturated heterocycles. The van der Waals surface area contributed by atoms with Gasteiger partial charge < -0.3 is 14.2 Å². The number of hydrogen-bond donors (Lipinski definition) is 0. The summed E-state index contributed by atoms with van der Waals surface area (Å²) >= 11 is 0. The van der Waals surface area contributed by atoms with Gasteiger partial charge in [-0.25, -0.2) is 0 Å². The fourth-order valence-corrected chi connectivity index (χ4v) is 6.55. The Hall–Kier alpha value is -4.97. The van der Waals surface area contributed by atoms with Gasteiger partial charge in [-0.2, -0.15) is 0 Å². The topological polar surface area (TPSA) is 78.9 Å². The molecule has 0 amide bonds. The number of allylic oxidation sites excluding steroid dienone is 26. The summed E-state index contributed by atoms with van der Waals surface area (Å²) in [5.41, 5.74) is 0. The fourth-order valence-electron chi connectivity index (χ4n) is 6.55. The first-order chi connectivity index (χ1) is 34.0. The molecule has 1 unspecified atom stereocenters. The van der Waals surface area contributed by atoms with Crippen LogP contribution in [0.3, 0.4) is 0 Å². The van der Waals surface area contributed by atoms with E-state index in [9.17, 15) is 14.4 Å². The number of carbonyl (C=O) groups excluding carboxylic acids is 3. The largest absolute Gasteiger partial charge is 0.462 e. The van der Waals surface area contributed by atoms with E-state index in [1.807, 2.05) is 0 Å². The Morgan fingerprint density at radius 2 is 0.580 bits per heavy atom. The van der Waals surface area contributed by atoms with Gasteiger partial charge in [-0.05, 0) is 122 Å². The van der Waals surface area contributed by atoms with Crippen molar-refractivity contribution in [3.05, 3.63) is 158 Å². The molecule has 384 valence electrons. The van der Waals surface area contributed by atoms with Crippen molar-refractivity contribution in [1.29, 1.82) is 0 Å². The van der Waals surface area contributed by atoms with Crippen molar-refractivity contribution >= 4 is 17.9 Å². The summed E-state index contributed by atoms with van der Waals surface area (Å²) in [5, 5.41) is 0. The van der Waals surface area contributed by atoms with E-state index in [1.54, 1.807) is 0 Å². The second-order valence-electron chi connectivity index (χ2n) is 17.0. The molecule has 0 heterocycles. The zero-order valence-corrected chi connectivity index (χ0v) is 43.8. The van der Waals surface area contributed by atoms with Crippen LogP contribution in [0.5, 0.6) is 0 Å². The van der Waals surface area contributed by atoms with E-state index in [-0.39, 0.29) is 37.5 Å². The van der Waals surface area contributed by atoms with Gasteiger partial charge in [0.05, 0.1) is 0 Å². The SMILES string of the molecule is CC/C=C\C/C=C\C/C=C\C/C=C\C/C=C\C/C=C\C/C=C\C/C=C\CCCCCCC(=O)OCC(COC(=O)CCCCCCC)OC(=O)CCC/C=C\C/C=C\C/C=C\C/C=C\C/C=C\CC. The first-order valence-electron chi connectivity index (χ1n) is 27.0. The van der Waals surface area contributed by atoms with E-state index in [1.165, 1.54) is 0 Å². The highest BCUT2D eigenvalue weighted by atomic mass is 16.6. The zero-order chi connectivity index (χ0) is 50.0. The van der Waals surface area contributed by atoms with Gasteiger partial charge in [-0.15, -0.1) is 0 Å². The summed E-state index contributed by atoms with van der Waals surface area (Å²) in [6, 6.07) is 0.